The van der Waals surface area contributed by atoms with Gasteiger partial charge in [0, 0.05) is 0 Å². The summed E-state index contributed by atoms with van der Waals surface area (Å²) in [7, 11) is -1.03. The van der Waals surface area contributed by atoms with Gasteiger partial charge < -0.3 is 13.9 Å². The molecule has 1 aromatic carbocycles. The van der Waals surface area contributed by atoms with Crippen LogP contribution in [-0.4, -0.2) is 50.9 Å². The summed E-state index contributed by atoms with van der Waals surface area (Å²) in [6.45, 7) is 10.4. The number of hydrogen-bond donors (Lipinski definition) is 0. The molecule has 0 radical (unpaired) electrons. The molecule has 0 aromatic heterocycles. The minimum absolute atomic E-state index is 0.00647. The molecular formula is C21H29NO6Si. The fourth-order valence-electron chi connectivity index (χ4n) is 2.57. The van der Waals surface area contributed by atoms with Crippen molar-refractivity contribution in [1.82, 2.24) is 4.90 Å². The Balaban J connectivity index is 2.25. The molecule has 1 atom stereocenters. The van der Waals surface area contributed by atoms with Crippen molar-refractivity contribution in [1.29, 1.82) is 0 Å². The van der Waals surface area contributed by atoms with Crippen molar-refractivity contribution in [2.24, 2.45) is 0 Å². The van der Waals surface area contributed by atoms with Gasteiger partial charge in [-0.15, -0.1) is 0 Å². The van der Waals surface area contributed by atoms with Crippen molar-refractivity contribution >= 4 is 26.3 Å². The SMILES string of the molecule is COC(=O)N1C[C@@H](O[Si](C)(C)C(C)(C)C)C=C(C(=O)OCc2ccccc2)C1=O. The van der Waals surface area contributed by atoms with E-state index in [-0.39, 0.29) is 23.8 Å². The Bertz CT molecular complexity index is 797. The van der Waals surface area contributed by atoms with E-state index in [0.29, 0.717) is 0 Å². The zero-order valence-electron chi connectivity index (χ0n) is 17.9. The molecule has 0 spiro atoms. The molecule has 0 N–H and O–H groups in total. The van der Waals surface area contributed by atoms with E-state index >= 15 is 0 Å². The Morgan fingerprint density at radius 1 is 1.17 bits per heavy atom. The molecule has 8 heteroatoms. The number of carbonyl (C=O) groups excluding carboxylic acids is 3. The average molecular weight is 420 g/mol. The maximum Gasteiger partial charge on any atom is 0.416 e. The summed E-state index contributed by atoms with van der Waals surface area (Å²) in [5.74, 6) is -1.54. The van der Waals surface area contributed by atoms with Gasteiger partial charge in [0.05, 0.1) is 19.8 Å². The van der Waals surface area contributed by atoms with E-state index in [9.17, 15) is 14.4 Å². The number of nitrogens with zero attached hydrogens (tertiary/aromatic N) is 1. The third-order valence-corrected chi connectivity index (χ3v) is 9.77. The van der Waals surface area contributed by atoms with Gasteiger partial charge in [-0.1, -0.05) is 51.1 Å². The molecule has 1 heterocycles. The second-order valence-corrected chi connectivity index (χ2v) is 13.2. The quantitative estimate of drug-likeness (QED) is 0.412. The van der Waals surface area contributed by atoms with Gasteiger partial charge in [0.2, 0.25) is 0 Å². The highest BCUT2D eigenvalue weighted by Gasteiger charge is 2.43. The number of imide groups is 1. The minimum atomic E-state index is -2.21. The fourth-order valence-corrected chi connectivity index (χ4v) is 3.82. The van der Waals surface area contributed by atoms with Crippen LogP contribution in [0.4, 0.5) is 4.79 Å². The predicted octanol–water partition coefficient (Wildman–Crippen LogP) is 3.66. The number of benzene rings is 1. The van der Waals surface area contributed by atoms with Gasteiger partial charge >= 0.3 is 12.1 Å². The first-order valence-corrected chi connectivity index (χ1v) is 12.4. The zero-order valence-corrected chi connectivity index (χ0v) is 18.9. The first-order valence-electron chi connectivity index (χ1n) is 9.47. The third-order valence-electron chi connectivity index (χ3n) is 5.27. The Labute approximate surface area is 172 Å². The Hall–Kier alpha value is -2.45. The van der Waals surface area contributed by atoms with Crippen LogP contribution in [0.25, 0.3) is 0 Å². The number of ether oxygens (including phenoxy) is 2. The molecular weight excluding hydrogens is 390 g/mol. The van der Waals surface area contributed by atoms with Crippen molar-refractivity contribution in [3.8, 4) is 0 Å². The molecule has 1 aliphatic rings. The van der Waals surface area contributed by atoms with E-state index in [4.69, 9.17) is 13.9 Å². The Morgan fingerprint density at radius 2 is 1.79 bits per heavy atom. The van der Waals surface area contributed by atoms with Gasteiger partial charge in [0.15, 0.2) is 8.32 Å². The van der Waals surface area contributed by atoms with Crippen molar-refractivity contribution in [3.63, 3.8) is 0 Å². The maximum atomic E-state index is 12.7. The van der Waals surface area contributed by atoms with Crippen LogP contribution in [0, 0.1) is 0 Å². The van der Waals surface area contributed by atoms with Crippen molar-refractivity contribution < 1.29 is 28.3 Å². The van der Waals surface area contributed by atoms with E-state index in [1.54, 1.807) is 0 Å². The number of amides is 2. The minimum Gasteiger partial charge on any atom is -0.457 e. The second-order valence-electron chi connectivity index (χ2n) is 8.44. The van der Waals surface area contributed by atoms with Gasteiger partial charge in [0.1, 0.15) is 12.2 Å². The molecule has 2 rings (SSSR count). The molecule has 0 bridgehead atoms. The smallest absolute Gasteiger partial charge is 0.416 e. The molecule has 158 valence electrons. The number of carbonyl (C=O) groups is 3. The highest BCUT2D eigenvalue weighted by molar-refractivity contribution is 6.74. The predicted molar refractivity (Wildman–Crippen MR) is 111 cm³/mol. The summed E-state index contributed by atoms with van der Waals surface area (Å²) in [6, 6.07) is 9.14. The lowest BCUT2D eigenvalue weighted by molar-refractivity contribution is -0.144. The van der Waals surface area contributed by atoms with Crippen molar-refractivity contribution in [2.75, 3.05) is 13.7 Å². The van der Waals surface area contributed by atoms with Crippen molar-refractivity contribution in [3.05, 3.63) is 47.5 Å². The summed E-state index contributed by atoms with van der Waals surface area (Å²) in [6.07, 6.45) is 0.0301. The summed E-state index contributed by atoms with van der Waals surface area (Å²) in [5, 5.41) is -0.0770. The van der Waals surface area contributed by atoms with E-state index in [2.05, 4.69) is 33.9 Å². The Morgan fingerprint density at radius 3 is 2.34 bits per heavy atom. The van der Waals surface area contributed by atoms with Crippen LogP contribution in [0.5, 0.6) is 0 Å². The van der Waals surface area contributed by atoms with Crippen LogP contribution < -0.4 is 0 Å². The average Bonchev–Trinajstić information content (AvgIpc) is 2.66. The highest BCUT2D eigenvalue weighted by atomic mass is 28.4. The number of rotatable bonds is 5. The molecule has 1 aliphatic heterocycles. The summed E-state index contributed by atoms with van der Waals surface area (Å²) in [4.78, 5) is 38.3. The lowest BCUT2D eigenvalue weighted by atomic mass is 10.1. The van der Waals surface area contributed by atoms with Crippen LogP contribution in [-0.2, 0) is 30.1 Å². The van der Waals surface area contributed by atoms with Crippen molar-refractivity contribution in [2.45, 2.75) is 51.6 Å². The van der Waals surface area contributed by atoms with E-state index < -0.39 is 32.4 Å². The monoisotopic (exact) mass is 419 g/mol. The van der Waals surface area contributed by atoms with Gasteiger partial charge in [-0.3, -0.25) is 4.79 Å². The summed E-state index contributed by atoms with van der Waals surface area (Å²) < 4.78 is 16.3. The fraction of sp³-hybridized carbons (Fsp3) is 0.476. The largest absolute Gasteiger partial charge is 0.457 e. The number of esters is 1. The van der Waals surface area contributed by atoms with Crippen LogP contribution in [0.2, 0.25) is 18.1 Å². The summed E-state index contributed by atoms with van der Waals surface area (Å²) in [5.41, 5.74) is 0.574. The van der Waals surface area contributed by atoms with Crippen LogP contribution in [0.15, 0.2) is 42.0 Å². The lowest BCUT2D eigenvalue weighted by Crippen LogP contribution is -2.52. The molecule has 0 saturated heterocycles. The van der Waals surface area contributed by atoms with Gasteiger partial charge in [-0.2, -0.15) is 0 Å². The van der Waals surface area contributed by atoms with E-state index in [1.807, 2.05) is 30.3 Å². The maximum absolute atomic E-state index is 12.7. The topological polar surface area (TPSA) is 82.1 Å². The molecule has 0 unspecified atom stereocenters. The molecule has 0 saturated carbocycles. The molecule has 1 aromatic rings. The Kier molecular flexibility index (Phi) is 7.02. The molecule has 7 nitrogen and oxygen atoms in total. The van der Waals surface area contributed by atoms with Crippen LogP contribution in [0.3, 0.4) is 0 Å². The van der Waals surface area contributed by atoms with Crippen LogP contribution >= 0.6 is 0 Å². The van der Waals surface area contributed by atoms with Gasteiger partial charge in [-0.05, 0) is 29.8 Å². The second kappa shape index (κ2) is 8.92. The molecule has 2 amide bonds. The standard InChI is InChI=1S/C21H29NO6Si/c1-21(2,3)29(5,6)28-16-12-17(18(23)22(13-16)20(25)26-4)19(24)27-14-15-10-8-7-9-11-15/h7-12,16H,13-14H2,1-6H3/t16-/m0/s1. The first kappa shape index (κ1) is 22.8. The zero-order chi connectivity index (χ0) is 21.8. The molecule has 0 aliphatic carbocycles. The first-order chi connectivity index (χ1) is 13.5. The summed E-state index contributed by atoms with van der Waals surface area (Å²) >= 11 is 0. The highest BCUT2D eigenvalue weighted by Crippen LogP contribution is 2.38. The van der Waals surface area contributed by atoms with E-state index in [0.717, 1.165) is 10.5 Å². The third kappa shape index (κ3) is 5.54. The molecule has 29 heavy (non-hydrogen) atoms. The van der Waals surface area contributed by atoms with Crippen LogP contribution in [0.1, 0.15) is 26.3 Å². The van der Waals surface area contributed by atoms with E-state index in [1.165, 1.54) is 13.2 Å². The van der Waals surface area contributed by atoms with Gasteiger partial charge in [0.25, 0.3) is 5.91 Å². The number of hydrogen-bond acceptors (Lipinski definition) is 6. The van der Waals surface area contributed by atoms with Gasteiger partial charge in [-0.25, -0.2) is 14.5 Å². The molecule has 0 fully saturated rings. The lowest BCUT2D eigenvalue weighted by Gasteiger charge is -2.40. The number of methoxy groups -OCH3 is 1. The normalized spacial score (nSPS) is 17.6.